The SMILES string of the molecule is COc1cc(Cc2ncc3c(n2)-c2ccc(Cl)cc2C(c2c(F)cccc2OC)=NC3)ccc1C(=O)CCCOCCCC(=O)CC(=O)N1C[C@@H](CC(C)C)N(c2ncc(Cl)cc2N)[C@@H](c2ccc(Cl)cc2)C1. The lowest BCUT2D eigenvalue weighted by Gasteiger charge is -2.48. The summed E-state index contributed by atoms with van der Waals surface area (Å²) in [6.45, 7) is 5.84. The molecule has 2 aromatic heterocycles. The Balaban J connectivity index is 0.822. The van der Waals surface area contributed by atoms with Crippen LogP contribution in [0.1, 0.15) is 102 Å². The number of ether oxygens (including phenoxy) is 3. The number of aromatic nitrogens is 3. The molecule has 2 aliphatic heterocycles. The zero-order valence-electron chi connectivity index (χ0n) is 41.2. The average Bonchev–Trinajstić information content (AvgIpc) is 3.51. The molecule has 1 amide bonds. The molecule has 17 heteroatoms. The number of fused-ring (bicyclic) bond motifs is 3. The van der Waals surface area contributed by atoms with Crippen LogP contribution in [-0.2, 0) is 27.3 Å². The molecule has 6 aromatic rings. The van der Waals surface area contributed by atoms with Crippen LogP contribution in [0.3, 0.4) is 0 Å². The highest BCUT2D eigenvalue weighted by molar-refractivity contribution is 6.32. The number of amides is 1. The maximum Gasteiger partial charge on any atom is 0.230 e. The van der Waals surface area contributed by atoms with E-state index < -0.39 is 5.82 Å². The van der Waals surface area contributed by atoms with Crippen LogP contribution in [0.25, 0.3) is 11.3 Å². The number of hydrogen-bond acceptors (Lipinski definition) is 12. The Labute approximate surface area is 439 Å². The third-order valence-electron chi connectivity index (χ3n) is 13.0. The predicted molar refractivity (Wildman–Crippen MR) is 284 cm³/mol. The van der Waals surface area contributed by atoms with Crippen molar-refractivity contribution in [2.24, 2.45) is 10.9 Å². The van der Waals surface area contributed by atoms with Gasteiger partial charge in [-0.15, -0.1) is 0 Å². The minimum Gasteiger partial charge on any atom is -0.496 e. The highest BCUT2D eigenvalue weighted by Crippen LogP contribution is 2.40. The second kappa shape index (κ2) is 24.1. The van der Waals surface area contributed by atoms with Crippen LogP contribution in [0.5, 0.6) is 11.5 Å². The van der Waals surface area contributed by atoms with Gasteiger partial charge in [0.1, 0.15) is 28.9 Å². The molecule has 4 aromatic carbocycles. The summed E-state index contributed by atoms with van der Waals surface area (Å²) in [6.07, 6.45) is 5.53. The minimum absolute atomic E-state index is 0.0952. The van der Waals surface area contributed by atoms with Crippen LogP contribution < -0.4 is 20.1 Å². The molecule has 0 bridgehead atoms. The molecule has 4 heterocycles. The highest BCUT2D eigenvalue weighted by atomic mass is 35.5. The summed E-state index contributed by atoms with van der Waals surface area (Å²) >= 11 is 19.0. The summed E-state index contributed by atoms with van der Waals surface area (Å²) in [4.78, 5) is 63.5. The van der Waals surface area contributed by atoms with Gasteiger partial charge in [0.2, 0.25) is 5.91 Å². The Kier molecular flexibility index (Phi) is 17.4. The first kappa shape index (κ1) is 52.9. The number of benzene rings is 4. The number of pyridine rings is 1. The van der Waals surface area contributed by atoms with E-state index in [0.717, 1.165) is 28.7 Å². The minimum atomic E-state index is -0.470. The van der Waals surface area contributed by atoms with Crippen molar-refractivity contribution in [3.63, 3.8) is 0 Å². The topological polar surface area (TPSA) is 162 Å². The molecular formula is C56H57Cl3FN7O6. The summed E-state index contributed by atoms with van der Waals surface area (Å²) < 4.78 is 32.4. The number of aliphatic imine (C=N–C) groups is 1. The van der Waals surface area contributed by atoms with E-state index in [1.165, 1.54) is 20.3 Å². The number of ketones is 2. The Morgan fingerprint density at radius 1 is 0.822 bits per heavy atom. The van der Waals surface area contributed by atoms with Crippen molar-refractivity contribution in [2.75, 3.05) is 51.2 Å². The van der Waals surface area contributed by atoms with Crippen LogP contribution in [0, 0.1) is 11.7 Å². The molecule has 2 aliphatic rings. The van der Waals surface area contributed by atoms with Gasteiger partial charge in [0.05, 0.1) is 66.5 Å². The predicted octanol–water partition coefficient (Wildman–Crippen LogP) is 11.4. The van der Waals surface area contributed by atoms with Gasteiger partial charge in [-0.3, -0.25) is 19.4 Å². The Hall–Kier alpha value is -6.45. The van der Waals surface area contributed by atoms with E-state index in [9.17, 15) is 14.4 Å². The smallest absolute Gasteiger partial charge is 0.230 e. The van der Waals surface area contributed by atoms with Crippen molar-refractivity contribution in [1.29, 1.82) is 0 Å². The van der Waals surface area contributed by atoms with Gasteiger partial charge in [0.15, 0.2) is 11.6 Å². The van der Waals surface area contributed by atoms with Crippen LogP contribution in [0.15, 0.2) is 102 Å². The quantitative estimate of drug-likeness (QED) is 0.0440. The normalized spacial score (nSPS) is 15.3. The number of halogens is 4. The lowest BCUT2D eigenvalue weighted by atomic mass is 9.93. The first-order valence-electron chi connectivity index (χ1n) is 24.3. The molecule has 73 heavy (non-hydrogen) atoms. The molecule has 1 fully saturated rings. The Bertz CT molecular complexity index is 3030. The van der Waals surface area contributed by atoms with E-state index in [0.29, 0.717) is 118 Å². The first-order chi connectivity index (χ1) is 35.2. The highest BCUT2D eigenvalue weighted by Gasteiger charge is 2.39. The number of nitrogens with zero attached hydrogens (tertiary/aromatic N) is 6. The van der Waals surface area contributed by atoms with Crippen molar-refractivity contribution < 1.29 is 33.0 Å². The number of Topliss-reactive ketones (excluding diaryl/α,β-unsaturated/α-hetero) is 2. The number of rotatable bonds is 20. The van der Waals surface area contributed by atoms with E-state index in [4.69, 9.17) is 64.7 Å². The molecule has 0 radical (unpaired) electrons. The second-order valence-electron chi connectivity index (χ2n) is 18.6. The monoisotopic (exact) mass is 1050 g/mol. The van der Waals surface area contributed by atoms with E-state index >= 15 is 4.39 Å². The fourth-order valence-electron chi connectivity index (χ4n) is 9.57. The fraction of sp³-hybridized carbons (Fsp3) is 0.339. The Morgan fingerprint density at radius 3 is 2.32 bits per heavy atom. The van der Waals surface area contributed by atoms with Gasteiger partial charge < -0.3 is 29.7 Å². The zero-order chi connectivity index (χ0) is 51.8. The number of piperazine rings is 1. The number of nitrogen functional groups attached to an aromatic ring is 1. The van der Waals surface area contributed by atoms with Crippen molar-refractivity contribution in [2.45, 2.75) is 77.4 Å². The number of hydrogen-bond donors (Lipinski definition) is 1. The fourth-order valence-corrected chi connectivity index (χ4v) is 10.0. The maximum absolute atomic E-state index is 15.4. The number of carbonyl (C=O) groups is 3. The molecular weight excluding hydrogens is 992 g/mol. The number of nitrogens with two attached hydrogens (primary N) is 1. The van der Waals surface area contributed by atoms with Crippen molar-refractivity contribution >= 4 is 69.5 Å². The molecule has 8 rings (SSSR count). The molecule has 380 valence electrons. The van der Waals surface area contributed by atoms with Crippen LogP contribution in [0.4, 0.5) is 15.9 Å². The average molecular weight is 1050 g/mol. The summed E-state index contributed by atoms with van der Waals surface area (Å²) in [5.74, 6) is 1.26. The zero-order valence-corrected chi connectivity index (χ0v) is 43.4. The van der Waals surface area contributed by atoms with Gasteiger partial charge in [-0.25, -0.2) is 19.3 Å². The number of carbonyl (C=O) groups excluding carboxylic acids is 3. The molecule has 0 unspecified atom stereocenters. The molecule has 2 N–H and O–H groups in total. The van der Waals surface area contributed by atoms with Gasteiger partial charge >= 0.3 is 0 Å². The third kappa shape index (κ3) is 12.7. The van der Waals surface area contributed by atoms with Crippen molar-refractivity contribution in [1.82, 2.24) is 19.9 Å². The van der Waals surface area contributed by atoms with Crippen molar-refractivity contribution in [3.8, 4) is 22.8 Å². The van der Waals surface area contributed by atoms with E-state index in [-0.39, 0.29) is 60.9 Å². The van der Waals surface area contributed by atoms with E-state index in [2.05, 4.69) is 28.7 Å². The summed E-state index contributed by atoms with van der Waals surface area (Å²) in [5, 5.41) is 1.49. The van der Waals surface area contributed by atoms with Crippen LogP contribution >= 0.6 is 34.8 Å². The van der Waals surface area contributed by atoms with Crippen LogP contribution in [0.2, 0.25) is 15.1 Å². The van der Waals surface area contributed by atoms with Gasteiger partial charge in [-0.2, -0.15) is 0 Å². The Morgan fingerprint density at radius 2 is 1.58 bits per heavy atom. The standard InChI is InChI=1S/C56H57Cl3FN7O6/c1-33(2)22-40-31-66(32-47(35-13-15-37(57)16-14-35)67(40)56-46(61)26-39(59)30-64-56)52(70)27-41(68)8-6-20-73-21-7-10-48(69)43-18-12-34(23-50(43)72-4)24-51-62-28-36-29-63-55(53-45(60)9-5-11-49(53)71-3)44-25-38(58)17-19-42(44)54(36)65-51/h5,9,11-19,23,25-26,28,30,33,40,47H,6-8,10,20-22,24,27,29,31-32,61H2,1-4H3/t40-,47-/m1/s1. The van der Waals surface area contributed by atoms with E-state index in [1.807, 2.05) is 42.5 Å². The molecule has 1 saturated heterocycles. The third-order valence-corrected chi connectivity index (χ3v) is 13.7. The molecule has 2 atom stereocenters. The van der Waals surface area contributed by atoms with Gasteiger partial charge in [0, 0.05) is 90.7 Å². The van der Waals surface area contributed by atoms with Gasteiger partial charge in [0.25, 0.3) is 0 Å². The summed E-state index contributed by atoms with van der Waals surface area (Å²) in [7, 11) is 3.01. The summed E-state index contributed by atoms with van der Waals surface area (Å²) in [6, 6.07) is 24.2. The maximum atomic E-state index is 15.4. The molecule has 0 spiro atoms. The molecule has 0 saturated carbocycles. The second-order valence-corrected chi connectivity index (χ2v) is 19.9. The lowest BCUT2D eigenvalue weighted by Crippen LogP contribution is -2.57. The van der Waals surface area contributed by atoms with Crippen molar-refractivity contribution in [3.05, 3.63) is 157 Å². The van der Waals surface area contributed by atoms with E-state index in [1.54, 1.807) is 53.7 Å². The molecule has 0 aliphatic carbocycles. The number of methoxy groups -OCH3 is 2. The number of anilines is 2. The first-order valence-corrected chi connectivity index (χ1v) is 25.4. The van der Waals surface area contributed by atoms with Gasteiger partial charge in [-0.05, 0) is 90.9 Å². The largest absolute Gasteiger partial charge is 0.496 e. The van der Waals surface area contributed by atoms with Crippen LogP contribution in [-0.4, -0.2) is 89.6 Å². The van der Waals surface area contributed by atoms with Gasteiger partial charge in [-0.1, -0.05) is 79.0 Å². The summed E-state index contributed by atoms with van der Waals surface area (Å²) in [5.41, 5.74) is 12.6. The molecule has 13 nitrogen and oxygen atoms in total. The lowest BCUT2D eigenvalue weighted by molar-refractivity contribution is -0.136.